The second-order valence-electron chi connectivity index (χ2n) is 5.15. The van der Waals surface area contributed by atoms with Gasteiger partial charge in [0.2, 0.25) is 5.96 Å². The van der Waals surface area contributed by atoms with Crippen molar-refractivity contribution >= 4 is 34.8 Å². The third-order valence-corrected chi connectivity index (χ3v) is 4.12. The molecule has 0 saturated carbocycles. The van der Waals surface area contributed by atoms with Gasteiger partial charge in [-0.25, -0.2) is 10.1 Å². The molecule has 1 aromatic rings. The number of aliphatic imine (C=N–C) groups is 1. The van der Waals surface area contributed by atoms with Crippen molar-refractivity contribution in [3.8, 4) is 0 Å². The van der Waals surface area contributed by atoms with Crippen LogP contribution >= 0.6 is 23.2 Å². The lowest BCUT2D eigenvalue weighted by Crippen LogP contribution is -2.35. The maximum Gasteiger partial charge on any atom is 0.223 e. The van der Waals surface area contributed by atoms with E-state index in [1.165, 1.54) is 12.2 Å². The van der Waals surface area contributed by atoms with Crippen LogP contribution in [-0.2, 0) is 4.84 Å². The summed E-state index contributed by atoms with van der Waals surface area (Å²) >= 11 is 12.3. The average molecular weight is 371 g/mol. The van der Waals surface area contributed by atoms with Crippen molar-refractivity contribution in [3.05, 3.63) is 51.9 Å². The van der Waals surface area contributed by atoms with E-state index in [1.54, 1.807) is 23.3 Å². The van der Waals surface area contributed by atoms with Gasteiger partial charge in [0, 0.05) is 6.08 Å². The number of halogens is 2. The Labute approximate surface area is 149 Å². The van der Waals surface area contributed by atoms with Gasteiger partial charge in [0.15, 0.2) is 0 Å². The number of guanidine groups is 1. The van der Waals surface area contributed by atoms with Crippen molar-refractivity contribution in [3.63, 3.8) is 0 Å². The third-order valence-electron chi connectivity index (χ3n) is 3.49. The molecule has 9 heteroatoms. The Balaban J connectivity index is 1.65. The van der Waals surface area contributed by atoms with Gasteiger partial charge in [0.05, 0.1) is 41.1 Å². The molecule has 24 heavy (non-hydrogen) atoms. The molecule has 0 aromatic heterocycles. The number of allylic oxidation sites excluding steroid dienone is 1. The fraction of sp³-hybridized carbons (Fsp3) is 0.267. The monoisotopic (exact) mass is 370 g/mol. The zero-order chi connectivity index (χ0) is 17.1. The van der Waals surface area contributed by atoms with Crippen molar-refractivity contribution in [2.24, 2.45) is 4.99 Å². The fourth-order valence-electron chi connectivity index (χ4n) is 2.25. The molecule has 3 N–H and O–H groups in total. The molecule has 2 aliphatic rings. The molecule has 128 valence electrons. The molecule has 0 unspecified atom stereocenters. The second kappa shape index (κ2) is 7.31. The summed E-state index contributed by atoms with van der Waals surface area (Å²) in [6, 6.07) is 5.20. The van der Waals surface area contributed by atoms with Crippen molar-refractivity contribution in [1.82, 2.24) is 10.1 Å². The van der Waals surface area contributed by atoms with Crippen LogP contribution in [0, 0.1) is 0 Å². The number of hydrogen-bond acceptors (Lipinski definition) is 7. The minimum Gasteiger partial charge on any atom is -0.508 e. The topological polar surface area (TPSA) is 80.6 Å². The minimum absolute atomic E-state index is 0.0748. The standard InChI is InChI=1S/C15H16Cl2N4O3/c16-12-2-1-3-13(17)14(12)19-15-18-5-7-21(15)24-9-10-8-11(22)4-6-20(10)23/h1-4,8,22-23H,5-7,9H2,(H,18,19). The van der Waals surface area contributed by atoms with E-state index in [0.29, 0.717) is 40.5 Å². The highest BCUT2D eigenvalue weighted by atomic mass is 35.5. The predicted octanol–water partition coefficient (Wildman–Crippen LogP) is 3.04. The lowest BCUT2D eigenvalue weighted by molar-refractivity contribution is -0.115. The van der Waals surface area contributed by atoms with Crippen LogP contribution in [0.1, 0.15) is 0 Å². The lowest BCUT2D eigenvalue weighted by atomic mass is 10.2. The first kappa shape index (κ1) is 16.9. The molecule has 2 heterocycles. The first-order chi connectivity index (χ1) is 11.5. The molecule has 7 nitrogen and oxygen atoms in total. The molecular weight excluding hydrogens is 355 g/mol. The number of nitrogens with one attached hydrogen (secondary N) is 1. The molecule has 2 aliphatic heterocycles. The minimum atomic E-state index is 0.0748. The van der Waals surface area contributed by atoms with Gasteiger partial charge in [-0.3, -0.25) is 15.1 Å². The summed E-state index contributed by atoms with van der Waals surface area (Å²) in [7, 11) is 0. The van der Waals surface area contributed by atoms with Crippen LogP contribution in [0.15, 0.2) is 46.8 Å². The number of para-hydroxylation sites is 1. The van der Waals surface area contributed by atoms with Crippen LogP contribution in [0.2, 0.25) is 10.0 Å². The first-order valence-electron chi connectivity index (χ1n) is 7.26. The molecular formula is C15H16Cl2N4O3. The SMILES string of the molecule is OC1=CCN(O)C(CON2CCN=C2Nc2c(Cl)cccc2Cl)=C1. The number of anilines is 1. The van der Waals surface area contributed by atoms with Crippen LogP contribution in [0.4, 0.5) is 5.69 Å². The quantitative estimate of drug-likeness (QED) is 0.755. The summed E-state index contributed by atoms with van der Waals surface area (Å²) in [5.74, 6) is 0.570. The van der Waals surface area contributed by atoms with E-state index in [0.717, 1.165) is 5.06 Å². The summed E-state index contributed by atoms with van der Waals surface area (Å²) in [5, 5.41) is 25.9. The normalized spacial score (nSPS) is 17.5. The zero-order valence-corrected chi connectivity index (χ0v) is 14.1. The summed E-state index contributed by atoms with van der Waals surface area (Å²) in [6.45, 7) is 1.38. The summed E-state index contributed by atoms with van der Waals surface area (Å²) < 4.78 is 0. The molecule has 0 aliphatic carbocycles. The number of nitrogens with zero attached hydrogens (tertiary/aromatic N) is 3. The molecule has 0 spiro atoms. The second-order valence-corrected chi connectivity index (χ2v) is 5.96. The first-order valence-corrected chi connectivity index (χ1v) is 8.02. The van der Waals surface area contributed by atoms with Gasteiger partial charge in [0.1, 0.15) is 12.4 Å². The smallest absolute Gasteiger partial charge is 0.223 e. The van der Waals surface area contributed by atoms with E-state index in [4.69, 9.17) is 28.0 Å². The van der Waals surface area contributed by atoms with Gasteiger partial charge in [-0.1, -0.05) is 29.3 Å². The molecule has 1 aromatic carbocycles. The number of hydrogen-bond donors (Lipinski definition) is 3. The average Bonchev–Trinajstić information content (AvgIpc) is 2.99. The fourth-order valence-corrected chi connectivity index (χ4v) is 2.74. The van der Waals surface area contributed by atoms with Crippen LogP contribution in [0.5, 0.6) is 0 Å². The van der Waals surface area contributed by atoms with E-state index in [-0.39, 0.29) is 18.9 Å². The molecule has 0 fully saturated rings. The Morgan fingerprint density at radius 2 is 2.04 bits per heavy atom. The number of hydroxylamine groups is 4. The molecule has 0 radical (unpaired) electrons. The van der Waals surface area contributed by atoms with Gasteiger partial charge in [-0.2, -0.15) is 0 Å². The van der Waals surface area contributed by atoms with Crippen molar-refractivity contribution in [2.45, 2.75) is 0 Å². The Kier molecular flexibility index (Phi) is 5.15. The number of aliphatic hydroxyl groups excluding tert-OH is 1. The van der Waals surface area contributed by atoms with Gasteiger partial charge in [-0.15, -0.1) is 0 Å². The largest absolute Gasteiger partial charge is 0.508 e. The highest BCUT2D eigenvalue weighted by Crippen LogP contribution is 2.30. The Bertz CT molecular complexity index is 700. The summed E-state index contributed by atoms with van der Waals surface area (Å²) in [4.78, 5) is 10.00. The van der Waals surface area contributed by atoms with Crippen LogP contribution in [0.3, 0.4) is 0 Å². The maximum atomic E-state index is 9.76. The van der Waals surface area contributed by atoms with Gasteiger partial charge in [-0.05, 0) is 18.2 Å². The summed E-state index contributed by atoms with van der Waals surface area (Å²) in [6.07, 6.45) is 2.93. The van der Waals surface area contributed by atoms with Gasteiger partial charge >= 0.3 is 0 Å². The van der Waals surface area contributed by atoms with E-state index in [1.807, 2.05) is 0 Å². The van der Waals surface area contributed by atoms with Gasteiger partial charge < -0.3 is 10.4 Å². The maximum absolute atomic E-state index is 9.76. The van der Waals surface area contributed by atoms with Crippen molar-refractivity contribution < 1.29 is 15.2 Å². The number of rotatable bonds is 4. The Hall–Kier alpha value is -1.93. The third kappa shape index (κ3) is 3.76. The molecule has 0 saturated heterocycles. The van der Waals surface area contributed by atoms with Gasteiger partial charge in [0.25, 0.3) is 0 Å². The molecule has 0 atom stereocenters. The van der Waals surface area contributed by atoms with E-state index in [9.17, 15) is 10.3 Å². The Morgan fingerprint density at radius 3 is 2.79 bits per heavy atom. The Morgan fingerprint density at radius 1 is 1.29 bits per heavy atom. The highest BCUT2D eigenvalue weighted by Gasteiger charge is 2.22. The molecule has 3 rings (SSSR count). The van der Waals surface area contributed by atoms with Crippen molar-refractivity contribution in [1.29, 1.82) is 0 Å². The molecule has 0 bridgehead atoms. The van der Waals surface area contributed by atoms with Crippen LogP contribution < -0.4 is 5.32 Å². The lowest BCUT2D eigenvalue weighted by Gasteiger charge is -2.25. The molecule has 0 amide bonds. The number of benzene rings is 1. The summed E-state index contributed by atoms with van der Waals surface area (Å²) in [5.41, 5.74) is 0.994. The predicted molar refractivity (Wildman–Crippen MR) is 92.3 cm³/mol. The van der Waals surface area contributed by atoms with Crippen LogP contribution in [0.25, 0.3) is 0 Å². The highest BCUT2D eigenvalue weighted by molar-refractivity contribution is 6.39. The van der Waals surface area contributed by atoms with E-state index < -0.39 is 0 Å². The van der Waals surface area contributed by atoms with E-state index >= 15 is 0 Å². The van der Waals surface area contributed by atoms with E-state index in [2.05, 4.69) is 10.3 Å². The van der Waals surface area contributed by atoms with Crippen molar-refractivity contribution in [2.75, 3.05) is 31.6 Å². The zero-order valence-electron chi connectivity index (χ0n) is 12.6. The van der Waals surface area contributed by atoms with Crippen LogP contribution in [-0.4, -0.2) is 52.6 Å². The number of aliphatic hydroxyl groups is 1.